The highest BCUT2D eigenvalue weighted by molar-refractivity contribution is 7.14. The number of amides is 1. The fraction of sp³-hybridized carbons (Fsp3) is 0.207. The largest absolute Gasteiger partial charge is 0.497 e. The summed E-state index contributed by atoms with van der Waals surface area (Å²) < 4.78 is 11.0. The average Bonchev–Trinajstić information content (AvgIpc) is 3.43. The van der Waals surface area contributed by atoms with E-state index < -0.39 is 17.9 Å². The number of carbonyl (C=O) groups is 2. The second kappa shape index (κ2) is 12.2. The summed E-state index contributed by atoms with van der Waals surface area (Å²) in [5.41, 5.74) is 4.16. The van der Waals surface area contributed by atoms with Crippen LogP contribution < -0.4 is 19.7 Å². The number of nitrogens with one attached hydrogen (secondary N) is 1. The van der Waals surface area contributed by atoms with E-state index in [0.717, 1.165) is 33.3 Å². The van der Waals surface area contributed by atoms with Crippen molar-refractivity contribution in [2.24, 2.45) is 0 Å². The van der Waals surface area contributed by atoms with Gasteiger partial charge in [0.15, 0.2) is 5.13 Å². The van der Waals surface area contributed by atoms with Gasteiger partial charge < -0.3 is 24.8 Å². The van der Waals surface area contributed by atoms with E-state index >= 15 is 0 Å². The van der Waals surface area contributed by atoms with Crippen LogP contribution in [0.3, 0.4) is 0 Å². The molecular weight excluding hydrogens is 502 g/mol. The first-order valence-corrected chi connectivity index (χ1v) is 12.8. The Balaban J connectivity index is 1.59. The number of carboxylic acids is 1. The molecule has 3 aromatic carbocycles. The molecule has 0 bridgehead atoms. The Hall–Kier alpha value is -4.37. The molecule has 1 amide bonds. The first-order chi connectivity index (χ1) is 18.4. The monoisotopic (exact) mass is 531 g/mol. The predicted octanol–water partition coefficient (Wildman–Crippen LogP) is 5.24. The Bertz CT molecular complexity index is 1390. The van der Waals surface area contributed by atoms with Crippen molar-refractivity contribution in [3.63, 3.8) is 0 Å². The third-order valence-electron chi connectivity index (χ3n) is 5.97. The molecule has 0 spiro atoms. The number of hydrogen-bond donors (Lipinski definition) is 2. The van der Waals surface area contributed by atoms with Gasteiger partial charge in [-0.25, -0.2) is 4.98 Å². The van der Waals surface area contributed by atoms with Gasteiger partial charge in [-0.3, -0.25) is 9.59 Å². The maximum Gasteiger partial charge on any atom is 0.325 e. The highest BCUT2D eigenvalue weighted by Gasteiger charge is 2.18. The molecule has 0 saturated carbocycles. The van der Waals surface area contributed by atoms with E-state index in [1.165, 1.54) is 18.3 Å². The molecule has 196 valence electrons. The van der Waals surface area contributed by atoms with Crippen molar-refractivity contribution in [1.29, 1.82) is 0 Å². The smallest absolute Gasteiger partial charge is 0.325 e. The number of hydrogen-bond acceptors (Lipinski definition) is 7. The molecule has 0 fully saturated rings. The molecule has 0 aliphatic carbocycles. The molecule has 1 aromatic heterocycles. The number of aromatic nitrogens is 1. The number of rotatable bonds is 11. The molecule has 4 aromatic rings. The second-order valence-electron chi connectivity index (χ2n) is 8.65. The SMILES string of the molecule is COc1ccc(OC)c(-c2csc(N(Cc3ccccc3)Cc3ccc(C(=O)NC(C)C(=O)O)cc3)n2)c1. The van der Waals surface area contributed by atoms with Gasteiger partial charge in [0.05, 0.1) is 19.9 Å². The average molecular weight is 532 g/mol. The molecule has 1 unspecified atom stereocenters. The molecule has 38 heavy (non-hydrogen) atoms. The van der Waals surface area contributed by atoms with E-state index in [9.17, 15) is 9.59 Å². The quantitative estimate of drug-likeness (QED) is 0.273. The van der Waals surface area contributed by atoms with Gasteiger partial charge >= 0.3 is 5.97 Å². The number of thiazole rings is 1. The number of aliphatic carboxylic acids is 1. The van der Waals surface area contributed by atoms with E-state index in [2.05, 4.69) is 22.3 Å². The Morgan fingerprint density at radius 2 is 1.66 bits per heavy atom. The highest BCUT2D eigenvalue weighted by Crippen LogP contribution is 2.36. The van der Waals surface area contributed by atoms with Crippen LogP contribution in [0.1, 0.15) is 28.4 Å². The maximum atomic E-state index is 12.4. The van der Waals surface area contributed by atoms with Gasteiger partial charge in [-0.1, -0.05) is 42.5 Å². The normalized spacial score (nSPS) is 11.4. The summed E-state index contributed by atoms with van der Waals surface area (Å²) in [6.07, 6.45) is 0. The lowest BCUT2D eigenvalue weighted by molar-refractivity contribution is -0.138. The summed E-state index contributed by atoms with van der Waals surface area (Å²) in [4.78, 5) is 30.5. The van der Waals surface area contributed by atoms with E-state index in [1.54, 1.807) is 26.4 Å². The van der Waals surface area contributed by atoms with Crippen LogP contribution in [0.5, 0.6) is 11.5 Å². The third kappa shape index (κ3) is 6.49. The molecular formula is C29H29N3O5S. The molecule has 0 aliphatic rings. The zero-order valence-corrected chi connectivity index (χ0v) is 22.2. The molecule has 9 heteroatoms. The van der Waals surface area contributed by atoms with Crippen molar-refractivity contribution >= 4 is 28.3 Å². The molecule has 4 rings (SSSR count). The van der Waals surface area contributed by atoms with Gasteiger partial charge in [0.1, 0.15) is 17.5 Å². The molecule has 1 atom stereocenters. The van der Waals surface area contributed by atoms with Gasteiger partial charge in [0.2, 0.25) is 0 Å². The van der Waals surface area contributed by atoms with Crippen molar-refractivity contribution in [2.45, 2.75) is 26.1 Å². The predicted molar refractivity (Wildman–Crippen MR) is 148 cm³/mol. The van der Waals surface area contributed by atoms with Crippen LogP contribution in [0.2, 0.25) is 0 Å². The van der Waals surface area contributed by atoms with Gasteiger partial charge in [0.25, 0.3) is 5.91 Å². The first kappa shape index (κ1) is 26.7. The minimum Gasteiger partial charge on any atom is -0.497 e. The summed E-state index contributed by atoms with van der Waals surface area (Å²) in [6.45, 7) is 2.63. The lowest BCUT2D eigenvalue weighted by Gasteiger charge is -2.22. The standard InChI is InChI=1S/C29H29N3O5S/c1-19(28(34)35)30-27(33)22-11-9-21(10-12-22)17-32(16-20-7-5-4-6-8-20)29-31-25(18-38-29)24-15-23(36-2)13-14-26(24)37-3/h4-15,18-19H,16-17H2,1-3H3,(H,30,33)(H,34,35). The number of methoxy groups -OCH3 is 2. The number of ether oxygens (including phenoxy) is 2. The van der Waals surface area contributed by atoms with E-state index in [-0.39, 0.29) is 0 Å². The summed E-state index contributed by atoms with van der Waals surface area (Å²) in [5, 5.41) is 14.4. The van der Waals surface area contributed by atoms with Crippen LogP contribution in [-0.2, 0) is 17.9 Å². The van der Waals surface area contributed by atoms with Crippen molar-refractivity contribution in [3.8, 4) is 22.8 Å². The van der Waals surface area contributed by atoms with E-state index in [4.69, 9.17) is 19.6 Å². The summed E-state index contributed by atoms with van der Waals surface area (Å²) in [5.74, 6) is -0.0768. The zero-order valence-electron chi connectivity index (χ0n) is 21.4. The maximum absolute atomic E-state index is 12.4. The minimum absolute atomic E-state index is 0.401. The summed E-state index contributed by atoms with van der Waals surface area (Å²) in [6, 6.07) is 22.0. The molecule has 2 N–H and O–H groups in total. The molecule has 1 heterocycles. The fourth-order valence-corrected chi connectivity index (χ4v) is 4.69. The van der Waals surface area contributed by atoms with Gasteiger partial charge in [0, 0.05) is 29.6 Å². The van der Waals surface area contributed by atoms with Crippen molar-refractivity contribution < 1.29 is 24.2 Å². The molecule has 0 aliphatic heterocycles. The van der Waals surface area contributed by atoms with Gasteiger partial charge in [-0.15, -0.1) is 11.3 Å². The van der Waals surface area contributed by atoms with Crippen LogP contribution in [0.4, 0.5) is 5.13 Å². The van der Waals surface area contributed by atoms with Crippen molar-refractivity contribution in [3.05, 3.63) is 94.9 Å². The summed E-state index contributed by atoms with van der Waals surface area (Å²) in [7, 11) is 3.26. The number of nitrogens with zero attached hydrogens (tertiary/aromatic N) is 2. The van der Waals surface area contributed by atoms with Crippen molar-refractivity contribution in [1.82, 2.24) is 10.3 Å². The summed E-state index contributed by atoms with van der Waals surface area (Å²) >= 11 is 1.54. The van der Waals surface area contributed by atoms with Crippen LogP contribution in [-0.4, -0.2) is 42.2 Å². The van der Waals surface area contributed by atoms with E-state index in [1.807, 2.05) is 53.9 Å². The Kier molecular flexibility index (Phi) is 8.60. The second-order valence-corrected chi connectivity index (χ2v) is 9.49. The minimum atomic E-state index is -1.08. The Morgan fingerprint density at radius 3 is 2.29 bits per heavy atom. The van der Waals surface area contributed by atoms with Crippen LogP contribution in [0.25, 0.3) is 11.3 Å². The van der Waals surface area contributed by atoms with Crippen LogP contribution in [0.15, 0.2) is 78.2 Å². The highest BCUT2D eigenvalue weighted by atomic mass is 32.1. The molecule has 8 nitrogen and oxygen atoms in total. The van der Waals surface area contributed by atoms with Crippen molar-refractivity contribution in [2.75, 3.05) is 19.1 Å². The van der Waals surface area contributed by atoms with E-state index in [0.29, 0.717) is 24.4 Å². The van der Waals surface area contributed by atoms with Gasteiger partial charge in [-0.05, 0) is 48.4 Å². The first-order valence-electron chi connectivity index (χ1n) is 12.0. The lowest BCUT2D eigenvalue weighted by atomic mass is 10.1. The number of carbonyl (C=O) groups excluding carboxylic acids is 1. The van der Waals surface area contributed by atoms with Crippen LogP contribution >= 0.6 is 11.3 Å². The third-order valence-corrected chi connectivity index (χ3v) is 6.87. The molecule has 0 radical (unpaired) electrons. The lowest BCUT2D eigenvalue weighted by Crippen LogP contribution is -2.38. The topological polar surface area (TPSA) is 101 Å². The zero-order chi connectivity index (χ0) is 27.1. The Labute approximate surface area is 225 Å². The number of carboxylic acid groups (broad SMARTS) is 1. The fourth-order valence-electron chi connectivity index (χ4n) is 3.87. The molecule has 0 saturated heterocycles. The van der Waals surface area contributed by atoms with Gasteiger partial charge in [-0.2, -0.15) is 0 Å². The number of benzene rings is 3. The number of anilines is 1. The van der Waals surface area contributed by atoms with Crippen LogP contribution in [0, 0.1) is 0 Å². The Morgan fingerprint density at radius 1 is 0.974 bits per heavy atom.